The van der Waals surface area contributed by atoms with E-state index < -0.39 is 57.6 Å². The molecular weight excluding hydrogens is 721 g/mol. The molecule has 0 aliphatic heterocycles. The van der Waals surface area contributed by atoms with Crippen LogP contribution in [-0.2, 0) is 32.7 Å². The second-order valence-electron chi connectivity index (χ2n) is 15.6. The first-order valence-electron chi connectivity index (χ1n) is 22.6. The molecule has 55 heavy (non-hydrogen) atoms. The average Bonchev–Trinajstić information content (AvgIpc) is 3.16. The van der Waals surface area contributed by atoms with Gasteiger partial charge in [-0.3, -0.25) is 18.6 Å². The molecule has 0 aliphatic carbocycles. The van der Waals surface area contributed by atoms with Gasteiger partial charge in [0.2, 0.25) is 5.91 Å². The monoisotopic (exact) mass is 806 g/mol. The Balaban J connectivity index is 3.80. The average molecular weight is 806 g/mol. The molecule has 0 aromatic rings. The van der Waals surface area contributed by atoms with Crippen LogP contribution in [0.4, 0.5) is 0 Å². The van der Waals surface area contributed by atoms with Crippen LogP contribution in [0.2, 0.25) is 0 Å². The third kappa shape index (κ3) is 39.1. The van der Waals surface area contributed by atoms with E-state index in [0.717, 1.165) is 38.5 Å². The van der Waals surface area contributed by atoms with Crippen LogP contribution in [0.5, 0.6) is 0 Å². The third-order valence-electron chi connectivity index (χ3n) is 10.1. The van der Waals surface area contributed by atoms with E-state index in [0.29, 0.717) is 12.8 Å². The molecule has 0 rings (SSSR count). The minimum absolute atomic E-state index is 0.151. The van der Waals surface area contributed by atoms with E-state index in [9.17, 15) is 34.1 Å². The zero-order valence-corrected chi connectivity index (χ0v) is 36.2. The molecule has 0 aliphatic rings. The zero-order chi connectivity index (χ0) is 40.7. The van der Waals surface area contributed by atoms with Gasteiger partial charge in [0.25, 0.3) is 0 Å². The molecule has 0 radical (unpaired) electrons. The molecule has 3 unspecified atom stereocenters. The third-order valence-corrected chi connectivity index (χ3v) is 11.1. The maximum Gasteiger partial charge on any atom is 0.472 e. The van der Waals surface area contributed by atoms with Gasteiger partial charge in [-0.15, -0.1) is 0 Å². The van der Waals surface area contributed by atoms with Crippen molar-refractivity contribution in [3.8, 4) is 0 Å². The fraction of sp³-hybridized carbons (Fsp3) is 0.930. The molecule has 12 heteroatoms. The zero-order valence-electron chi connectivity index (χ0n) is 35.3. The molecule has 0 saturated carbocycles. The highest BCUT2D eigenvalue weighted by molar-refractivity contribution is 7.47. The predicted molar refractivity (Wildman–Crippen MR) is 222 cm³/mol. The Hall–Kier alpha value is -1.52. The summed E-state index contributed by atoms with van der Waals surface area (Å²) in [6.45, 7) is 2.61. The largest absolute Gasteiger partial charge is 0.480 e. The normalized spacial score (nSPS) is 13.7. The molecule has 3 atom stereocenters. The maximum absolute atomic E-state index is 12.2. The van der Waals surface area contributed by atoms with Crippen LogP contribution in [0.25, 0.3) is 0 Å². The smallest absolute Gasteiger partial charge is 0.472 e. The first kappa shape index (κ1) is 53.5. The van der Waals surface area contributed by atoms with Crippen molar-refractivity contribution < 1.29 is 47.8 Å². The number of aliphatic hydroxyl groups is 1. The summed E-state index contributed by atoms with van der Waals surface area (Å²) >= 11 is 0. The van der Waals surface area contributed by atoms with Gasteiger partial charge < -0.3 is 25.2 Å². The van der Waals surface area contributed by atoms with E-state index in [4.69, 9.17) is 13.8 Å². The number of unbranched alkanes of at least 4 members (excludes halogenated alkanes) is 29. The van der Waals surface area contributed by atoms with Crippen molar-refractivity contribution in [3.63, 3.8) is 0 Å². The summed E-state index contributed by atoms with van der Waals surface area (Å²) in [7, 11) is -4.74. The molecule has 0 fully saturated rings. The highest BCUT2D eigenvalue weighted by atomic mass is 31.2. The summed E-state index contributed by atoms with van der Waals surface area (Å²) in [6.07, 6.45) is 37.1. The number of ether oxygens (including phenoxy) is 1. The highest BCUT2D eigenvalue weighted by Crippen LogP contribution is 2.43. The minimum Gasteiger partial charge on any atom is -0.480 e. The van der Waals surface area contributed by atoms with E-state index in [1.165, 1.54) is 148 Å². The number of aliphatic carboxylic acids is 1. The predicted octanol–water partition coefficient (Wildman–Crippen LogP) is 11.5. The number of esters is 1. The Morgan fingerprint density at radius 3 is 1.20 bits per heavy atom. The van der Waals surface area contributed by atoms with Crippen LogP contribution in [0.15, 0.2) is 0 Å². The summed E-state index contributed by atoms with van der Waals surface area (Å²) in [6, 6.07) is -1.54. The number of carbonyl (C=O) groups is 3. The number of aliphatic hydroxyl groups excluding tert-OH is 1. The Labute approximate surface area is 335 Å². The number of phosphoric acid groups is 1. The van der Waals surface area contributed by atoms with Gasteiger partial charge in [0.1, 0.15) is 12.7 Å². The molecule has 0 aromatic carbocycles. The lowest BCUT2D eigenvalue weighted by Gasteiger charge is -2.18. The second-order valence-corrected chi connectivity index (χ2v) is 17.1. The van der Waals surface area contributed by atoms with Gasteiger partial charge in [0, 0.05) is 12.8 Å². The number of hydrogen-bond acceptors (Lipinski definition) is 8. The van der Waals surface area contributed by atoms with Gasteiger partial charge >= 0.3 is 19.8 Å². The quantitative estimate of drug-likeness (QED) is 0.0264. The van der Waals surface area contributed by atoms with E-state index in [2.05, 4.69) is 19.2 Å². The van der Waals surface area contributed by atoms with Gasteiger partial charge in [-0.2, -0.15) is 0 Å². The standard InChI is InChI=1S/C43H84NO10P/c1-3-5-7-9-11-13-15-16-17-18-19-20-21-22-23-25-27-29-31-33-35-42(47)52-36-39(45)37-53-55(50,51)54-38-40(43(48)49)44-41(46)34-32-30-28-26-24-14-12-10-8-6-4-2/h39-40,45H,3-38H2,1-2H3,(H,44,46)(H,48,49)(H,50,51). The molecule has 11 nitrogen and oxygen atoms in total. The van der Waals surface area contributed by atoms with Gasteiger partial charge in [0.05, 0.1) is 13.2 Å². The van der Waals surface area contributed by atoms with Crippen LogP contribution in [0, 0.1) is 0 Å². The molecule has 0 aromatic heterocycles. The molecule has 326 valence electrons. The Kier molecular flexibility index (Phi) is 38.2. The number of phosphoric ester groups is 1. The molecule has 0 spiro atoms. The highest BCUT2D eigenvalue weighted by Gasteiger charge is 2.28. The number of carbonyl (C=O) groups excluding carboxylic acids is 2. The van der Waals surface area contributed by atoms with Crippen molar-refractivity contribution in [2.75, 3.05) is 19.8 Å². The lowest BCUT2D eigenvalue weighted by atomic mass is 10.0. The Morgan fingerprint density at radius 1 is 0.509 bits per heavy atom. The molecule has 4 N–H and O–H groups in total. The maximum atomic E-state index is 12.2. The number of amides is 1. The Bertz CT molecular complexity index is 952. The van der Waals surface area contributed by atoms with Crippen molar-refractivity contribution in [2.45, 2.75) is 238 Å². The summed E-state index contributed by atoms with van der Waals surface area (Å²) in [4.78, 5) is 45.8. The first-order valence-corrected chi connectivity index (χ1v) is 24.1. The van der Waals surface area contributed by atoms with E-state index in [-0.39, 0.29) is 12.8 Å². The second kappa shape index (κ2) is 39.3. The fourth-order valence-corrected chi connectivity index (χ4v) is 7.38. The van der Waals surface area contributed by atoms with Crippen molar-refractivity contribution in [1.29, 1.82) is 0 Å². The number of carboxylic acid groups (broad SMARTS) is 1. The summed E-state index contributed by atoms with van der Waals surface area (Å²) in [5.74, 6) is -2.36. The summed E-state index contributed by atoms with van der Waals surface area (Å²) < 4.78 is 26.8. The SMILES string of the molecule is CCCCCCCCCCCCCCCCCCCCCCC(=O)OCC(O)COP(=O)(O)OCC(NC(=O)CCCCCCCCCCCCC)C(=O)O. The summed E-state index contributed by atoms with van der Waals surface area (Å²) in [5, 5.41) is 21.8. The van der Waals surface area contributed by atoms with Gasteiger partial charge in [-0.05, 0) is 12.8 Å². The fourth-order valence-electron chi connectivity index (χ4n) is 6.61. The lowest BCUT2D eigenvalue weighted by Crippen LogP contribution is -2.43. The van der Waals surface area contributed by atoms with Crippen molar-refractivity contribution >= 4 is 25.7 Å². The molecule has 0 saturated heterocycles. The van der Waals surface area contributed by atoms with Crippen LogP contribution in [-0.4, -0.2) is 64.9 Å². The lowest BCUT2D eigenvalue weighted by molar-refractivity contribution is -0.147. The van der Waals surface area contributed by atoms with Gasteiger partial charge in [-0.25, -0.2) is 9.36 Å². The van der Waals surface area contributed by atoms with Gasteiger partial charge in [-0.1, -0.05) is 200 Å². The van der Waals surface area contributed by atoms with E-state index in [1.807, 2.05) is 0 Å². The molecule has 0 heterocycles. The number of nitrogens with one attached hydrogen (secondary N) is 1. The van der Waals surface area contributed by atoms with Crippen LogP contribution < -0.4 is 5.32 Å². The topological polar surface area (TPSA) is 169 Å². The Morgan fingerprint density at radius 2 is 0.836 bits per heavy atom. The van der Waals surface area contributed by atoms with E-state index in [1.54, 1.807) is 0 Å². The number of hydrogen-bond donors (Lipinski definition) is 4. The summed E-state index contributed by atoms with van der Waals surface area (Å²) in [5.41, 5.74) is 0. The minimum atomic E-state index is -4.74. The van der Waals surface area contributed by atoms with Crippen molar-refractivity contribution in [3.05, 3.63) is 0 Å². The molecular formula is C43H84NO10P. The van der Waals surface area contributed by atoms with Crippen LogP contribution in [0.1, 0.15) is 226 Å². The first-order chi connectivity index (χ1) is 26.6. The molecule has 1 amide bonds. The van der Waals surface area contributed by atoms with Crippen LogP contribution in [0.3, 0.4) is 0 Å². The number of carboxylic acids is 1. The van der Waals surface area contributed by atoms with Gasteiger partial charge in [0.15, 0.2) is 6.04 Å². The van der Waals surface area contributed by atoms with E-state index >= 15 is 0 Å². The van der Waals surface area contributed by atoms with Crippen LogP contribution >= 0.6 is 7.82 Å². The van der Waals surface area contributed by atoms with Crippen molar-refractivity contribution in [2.24, 2.45) is 0 Å². The van der Waals surface area contributed by atoms with Crippen molar-refractivity contribution in [1.82, 2.24) is 5.32 Å². The number of rotatable bonds is 43. The molecule has 0 bridgehead atoms.